The molecule has 0 unspecified atom stereocenters. The summed E-state index contributed by atoms with van der Waals surface area (Å²) in [5.74, 6) is 1.86. The summed E-state index contributed by atoms with van der Waals surface area (Å²) < 4.78 is 12.8. The van der Waals surface area contributed by atoms with E-state index in [1.165, 1.54) is 0 Å². The highest BCUT2D eigenvalue weighted by Gasteiger charge is 2.15. The van der Waals surface area contributed by atoms with Crippen molar-refractivity contribution in [3.05, 3.63) is 29.6 Å². The highest BCUT2D eigenvalue weighted by atomic mass is 35.5. The number of benzene rings is 1. The van der Waals surface area contributed by atoms with Crippen molar-refractivity contribution >= 4 is 11.6 Å². The third-order valence-corrected chi connectivity index (χ3v) is 3.14. The number of hydrogen-bond donors (Lipinski definition) is 0. The van der Waals surface area contributed by atoms with Gasteiger partial charge in [0, 0.05) is 6.07 Å². The van der Waals surface area contributed by atoms with E-state index in [-0.39, 0.29) is 0 Å². The van der Waals surface area contributed by atoms with E-state index in [1.807, 2.05) is 25.1 Å². The van der Waals surface area contributed by atoms with Crippen LogP contribution in [0.4, 0.5) is 0 Å². The molecule has 0 fully saturated rings. The molecule has 1 aliphatic rings. The number of halogens is 1. The number of hydrogen-bond acceptors (Lipinski definition) is 4. The average molecular weight is 266 g/mol. The Labute approximate surface area is 109 Å². The summed E-state index contributed by atoms with van der Waals surface area (Å²) in [4.78, 5) is 0. The van der Waals surface area contributed by atoms with Crippen LogP contribution >= 0.6 is 11.6 Å². The monoisotopic (exact) mass is 265 g/mol. The van der Waals surface area contributed by atoms with Gasteiger partial charge >= 0.3 is 0 Å². The second kappa shape index (κ2) is 4.49. The van der Waals surface area contributed by atoms with Gasteiger partial charge in [-0.3, -0.25) is 0 Å². The Morgan fingerprint density at radius 1 is 1.28 bits per heavy atom. The van der Waals surface area contributed by atoms with E-state index in [9.17, 15) is 0 Å². The Kier molecular flexibility index (Phi) is 2.83. The van der Waals surface area contributed by atoms with Crippen LogP contribution in [0.25, 0.3) is 5.69 Å². The van der Waals surface area contributed by atoms with Crippen molar-refractivity contribution in [2.24, 2.45) is 0 Å². The Balaban J connectivity index is 2.03. The van der Waals surface area contributed by atoms with Gasteiger partial charge in [0.15, 0.2) is 11.5 Å². The first kappa shape index (κ1) is 11.3. The molecule has 94 valence electrons. The van der Waals surface area contributed by atoms with Crippen molar-refractivity contribution < 1.29 is 9.47 Å². The molecule has 0 saturated heterocycles. The van der Waals surface area contributed by atoms with Gasteiger partial charge < -0.3 is 9.47 Å². The van der Waals surface area contributed by atoms with Gasteiger partial charge in [-0.15, -0.1) is 16.7 Å². The quantitative estimate of drug-likeness (QED) is 0.780. The second-order valence-corrected chi connectivity index (χ2v) is 4.26. The molecule has 0 aliphatic carbocycles. The van der Waals surface area contributed by atoms with Gasteiger partial charge in [0.05, 0.1) is 17.3 Å². The zero-order valence-corrected chi connectivity index (χ0v) is 10.6. The summed E-state index contributed by atoms with van der Waals surface area (Å²) in [6.07, 6.45) is 0. The SMILES string of the molecule is Cc1c(CCl)nnn1-c1ccc2c(c1)OCCO2. The summed E-state index contributed by atoms with van der Waals surface area (Å²) in [5.41, 5.74) is 2.61. The van der Waals surface area contributed by atoms with Crippen LogP contribution in [0.15, 0.2) is 18.2 Å². The van der Waals surface area contributed by atoms with Gasteiger partial charge in [0.2, 0.25) is 0 Å². The van der Waals surface area contributed by atoms with Gasteiger partial charge in [0.25, 0.3) is 0 Å². The minimum atomic E-state index is 0.358. The number of ether oxygens (including phenoxy) is 2. The molecular weight excluding hydrogens is 254 g/mol. The van der Waals surface area contributed by atoms with Gasteiger partial charge in [-0.1, -0.05) is 5.21 Å². The first-order valence-electron chi connectivity index (χ1n) is 5.67. The molecule has 2 heterocycles. The largest absolute Gasteiger partial charge is 0.486 e. The highest BCUT2D eigenvalue weighted by Crippen LogP contribution is 2.32. The molecule has 1 aliphatic heterocycles. The van der Waals surface area contributed by atoms with E-state index >= 15 is 0 Å². The standard InChI is InChI=1S/C12H12ClN3O2/c1-8-10(7-13)14-15-16(8)9-2-3-11-12(6-9)18-5-4-17-11/h2-3,6H,4-5,7H2,1H3. The van der Waals surface area contributed by atoms with E-state index in [0.29, 0.717) is 19.1 Å². The van der Waals surface area contributed by atoms with Crippen molar-refractivity contribution in [3.8, 4) is 17.2 Å². The summed E-state index contributed by atoms with van der Waals surface area (Å²) in [6, 6.07) is 5.70. The van der Waals surface area contributed by atoms with Crippen molar-refractivity contribution in [1.29, 1.82) is 0 Å². The van der Waals surface area contributed by atoms with E-state index in [4.69, 9.17) is 21.1 Å². The zero-order valence-electron chi connectivity index (χ0n) is 9.89. The van der Waals surface area contributed by atoms with E-state index in [1.54, 1.807) is 4.68 Å². The molecule has 0 atom stereocenters. The Morgan fingerprint density at radius 2 is 2.06 bits per heavy atom. The van der Waals surface area contributed by atoms with Gasteiger partial charge in [0.1, 0.15) is 18.9 Å². The first-order valence-corrected chi connectivity index (χ1v) is 6.20. The Morgan fingerprint density at radius 3 is 2.78 bits per heavy atom. The normalized spacial score (nSPS) is 13.7. The highest BCUT2D eigenvalue weighted by molar-refractivity contribution is 6.16. The van der Waals surface area contributed by atoms with Gasteiger partial charge in [-0.2, -0.15) is 0 Å². The molecule has 0 saturated carbocycles. The molecule has 5 nitrogen and oxygen atoms in total. The van der Waals surface area contributed by atoms with E-state index in [2.05, 4.69) is 10.3 Å². The maximum Gasteiger partial charge on any atom is 0.163 e. The van der Waals surface area contributed by atoms with E-state index in [0.717, 1.165) is 28.6 Å². The lowest BCUT2D eigenvalue weighted by molar-refractivity contribution is 0.171. The maximum atomic E-state index is 5.79. The summed E-state index contributed by atoms with van der Waals surface area (Å²) in [7, 11) is 0. The van der Waals surface area contributed by atoms with Crippen molar-refractivity contribution in [2.75, 3.05) is 13.2 Å². The van der Waals surface area contributed by atoms with Crippen LogP contribution in [-0.4, -0.2) is 28.2 Å². The smallest absolute Gasteiger partial charge is 0.163 e. The van der Waals surface area contributed by atoms with Crippen LogP contribution in [0.1, 0.15) is 11.4 Å². The van der Waals surface area contributed by atoms with Crippen LogP contribution in [-0.2, 0) is 5.88 Å². The minimum Gasteiger partial charge on any atom is -0.486 e. The lowest BCUT2D eigenvalue weighted by Crippen LogP contribution is -2.15. The fourth-order valence-corrected chi connectivity index (χ4v) is 2.14. The zero-order chi connectivity index (χ0) is 12.5. The summed E-state index contributed by atoms with van der Waals surface area (Å²) >= 11 is 5.79. The molecule has 1 aromatic heterocycles. The van der Waals surface area contributed by atoms with Crippen molar-refractivity contribution in [1.82, 2.24) is 15.0 Å². The predicted octanol–water partition coefficient (Wildman–Crippen LogP) is 2.09. The number of rotatable bonds is 2. The molecule has 18 heavy (non-hydrogen) atoms. The van der Waals surface area contributed by atoms with Crippen LogP contribution < -0.4 is 9.47 Å². The molecule has 0 radical (unpaired) electrons. The van der Waals surface area contributed by atoms with Crippen LogP contribution in [0.5, 0.6) is 11.5 Å². The number of nitrogens with zero attached hydrogens (tertiary/aromatic N) is 3. The number of aromatic nitrogens is 3. The second-order valence-electron chi connectivity index (χ2n) is 3.99. The van der Waals surface area contributed by atoms with Crippen LogP contribution in [0.2, 0.25) is 0 Å². The fourth-order valence-electron chi connectivity index (χ4n) is 1.89. The van der Waals surface area contributed by atoms with Crippen molar-refractivity contribution in [2.45, 2.75) is 12.8 Å². The van der Waals surface area contributed by atoms with E-state index < -0.39 is 0 Å². The molecule has 2 aromatic rings. The van der Waals surface area contributed by atoms with Crippen molar-refractivity contribution in [3.63, 3.8) is 0 Å². The molecule has 0 bridgehead atoms. The molecule has 6 heteroatoms. The summed E-state index contributed by atoms with van der Waals surface area (Å²) in [5, 5.41) is 8.12. The van der Waals surface area contributed by atoms with Gasteiger partial charge in [-0.25, -0.2) is 4.68 Å². The molecule has 0 spiro atoms. The molecular formula is C12H12ClN3O2. The predicted molar refractivity (Wildman–Crippen MR) is 66.6 cm³/mol. The maximum absolute atomic E-state index is 5.79. The van der Waals surface area contributed by atoms with Crippen LogP contribution in [0.3, 0.4) is 0 Å². The minimum absolute atomic E-state index is 0.358. The molecule has 0 N–H and O–H groups in total. The first-order chi connectivity index (χ1) is 8.79. The Hall–Kier alpha value is -1.75. The molecule has 1 aromatic carbocycles. The van der Waals surface area contributed by atoms with Gasteiger partial charge in [-0.05, 0) is 19.1 Å². The third kappa shape index (κ3) is 1.80. The molecule has 3 rings (SSSR count). The third-order valence-electron chi connectivity index (χ3n) is 2.89. The Bertz CT molecular complexity index is 583. The topological polar surface area (TPSA) is 49.2 Å². The number of fused-ring (bicyclic) bond motifs is 1. The fraction of sp³-hybridized carbons (Fsp3) is 0.333. The lowest BCUT2D eigenvalue weighted by Gasteiger charge is -2.18. The molecule has 0 amide bonds. The lowest BCUT2D eigenvalue weighted by atomic mass is 10.2. The van der Waals surface area contributed by atoms with Crippen LogP contribution in [0, 0.1) is 6.92 Å². The average Bonchev–Trinajstić information content (AvgIpc) is 2.79. The summed E-state index contributed by atoms with van der Waals surface area (Å²) in [6.45, 7) is 3.10. The number of alkyl halides is 1.